The van der Waals surface area contributed by atoms with E-state index >= 15 is 0 Å². The fraction of sp³-hybridized carbons (Fsp3) is 0.269. The third kappa shape index (κ3) is 4.74. The Kier molecular flexibility index (Phi) is 7.82. The number of carbonyl (C=O) groups is 2. The zero-order valence-corrected chi connectivity index (χ0v) is 21.7. The summed E-state index contributed by atoms with van der Waals surface area (Å²) in [7, 11) is -1.42. The van der Waals surface area contributed by atoms with E-state index in [9.17, 15) is 23.3 Å². The second kappa shape index (κ2) is 11.1. The molecule has 0 spiro atoms. The summed E-state index contributed by atoms with van der Waals surface area (Å²) >= 11 is 0. The lowest BCUT2D eigenvalue weighted by atomic mass is 9.81. The maximum Gasteiger partial charge on any atom is 0.355 e. The first-order valence-corrected chi connectivity index (χ1v) is 13.2. The van der Waals surface area contributed by atoms with Crippen LogP contribution in [0.15, 0.2) is 82.2 Å². The van der Waals surface area contributed by atoms with E-state index in [4.69, 9.17) is 15.2 Å². The number of carbonyl (C=O) groups excluding carboxylic acids is 2. The summed E-state index contributed by atoms with van der Waals surface area (Å²) in [6.07, 6.45) is 0. The summed E-state index contributed by atoms with van der Waals surface area (Å²) in [5.74, 6) is -2.83. The number of benzene rings is 2. The molecular formula is C26H27N5O6S. The number of ether oxygens (including phenoxy) is 2. The first kappa shape index (κ1) is 26.9. The summed E-state index contributed by atoms with van der Waals surface area (Å²) in [6.45, 7) is 1.79. The number of anilines is 1. The van der Waals surface area contributed by atoms with Crippen LogP contribution in [0.1, 0.15) is 11.5 Å². The average Bonchev–Trinajstić information content (AvgIpc) is 2.96. The molecule has 2 heterocycles. The Morgan fingerprint density at radius 2 is 1.61 bits per heavy atom. The molecule has 2 aliphatic heterocycles. The number of nitrogens with one attached hydrogen (secondary N) is 1. The minimum Gasteiger partial charge on any atom is -0.466 e. The van der Waals surface area contributed by atoms with Gasteiger partial charge in [-0.1, -0.05) is 30.3 Å². The summed E-state index contributed by atoms with van der Waals surface area (Å²) < 4.78 is 37.6. The minimum absolute atomic E-state index is 0.0155. The summed E-state index contributed by atoms with van der Waals surface area (Å²) in [5.41, 5.74) is 6.93. The van der Waals surface area contributed by atoms with Gasteiger partial charge in [-0.05, 0) is 29.8 Å². The molecule has 11 nitrogen and oxygen atoms in total. The van der Waals surface area contributed by atoms with Crippen LogP contribution < -0.4 is 16.0 Å². The number of hydrogen-bond donors (Lipinski definition) is 2. The van der Waals surface area contributed by atoms with Gasteiger partial charge in [0.15, 0.2) is 0 Å². The molecule has 0 amide bonds. The van der Waals surface area contributed by atoms with Gasteiger partial charge in [0.05, 0.1) is 42.2 Å². The molecule has 3 N–H and O–H groups in total. The van der Waals surface area contributed by atoms with Gasteiger partial charge >= 0.3 is 11.9 Å². The fourth-order valence-corrected chi connectivity index (χ4v) is 6.02. The van der Waals surface area contributed by atoms with Crippen molar-refractivity contribution in [3.8, 4) is 6.07 Å². The molecule has 4 rings (SSSR count). The van der Waals surface area contributed by atoms with Crippen LogP contribution in [0, 0.1) is 11.3 Å². The van der Waals surface area contributed by atoms with E-state index in [-0.39, 0.29) is 33.2 Å². The van der Waals surface area contributed by atoms with Gasteiger partial charge in [0.25, 0.3) is 0 Å². The standard InChI is InChI=1S/C26H27N5O6S/c1-36-25(32)22-21(17-6-4-3-5-7-17)20(16-27)24(28)31(23(22)26(33)37-2)18-8-10-19(11-9-18)38(34,35)30-14-12-29-13-15-30/h3-11,21,29H,12-15,28H2,1-2H3. The number of nitrogens with two attached hydrogens (primary N) is 1. The molecule has 2 aliphatic rings. The third-order valence-electron chi connectivity index (χ3n) is 6.42. The molecule has 38 heavy (non-hydrogen) atoms. The number of hydrogen-bond acceptors (Lipinski definition) is 10. The smallest absolute Gasteiger partial charge is 0.355 e. The molecule has 2 aromatic carbocycles. The second-order valence-corrected chi connectivity index (χ2v) is 10.4. The van der Waals surface area contributed by atoms with E-state index in [2.05, 4.69) is 11.4 Å². The van der Waals surface area contributed by atoms with Crippen LogP contribution >= 0.6 is 0 Å². The number of nitriles is 1. The van der Waals surface area contributed by atoms with Crippen LogP contribution in [0.5, 0.6) is 0 Å². The van der Waals surface area contributed by atoms with E-state index in [1.807, 2.05) is 0 Å². The van der Waals surface area contributed by atoms with Crippen molar-refractivity contribution in [1.82, 2.24) is 9.62 Å². The van der Waals surface area contributed by atoms with Gasteiger partial charge < -0.3 is 20.5 Å². The van der Waals surface area contributed by atoms with Crippen molar-refractivity contribution in [3.05, 3.63) is 82.8 Å². The monoisotopic (exact) mass is 537 g/mol. The van der Waals surface area contributed by atoms with Gasteiger partial charge in [-0.3, -0.25) is 4.90 Å². The van der Waals surface area contributed by atoms with E-state index in [0.717, 1.165) is 7.11 Å². The van der Waals surface area contributed by atoms with E-state index in [1.165, 1.54) is 40.6 Å². The number of piperazine rings is 1. The maximum atomic E-state index is 13.1. The molecule has 12 heteroatoms. The number of sulfonamides is 1. The Morgan fingerprint density at radius 3 is 2.16 bits per heavy atom. The number of nitrogens with zero attached hydrogens (tertiary/aromatic N) is 3. The van der Waals surface area contributed by atoms with Crippen molar-refractivity contribution in [3.63, 3.8) is 0 Å². The molecule has 1 unspecified atom stereocenters. The maximum absolute atomic E-state index is 13.1. The highest BCUT2D eigenvalue weighted by atomic mass is 32.2. The van der Waals surface area contributed by atoms with Crippen molar-refractivity contribution < 1.29 is 27.5 Å². The molecule has 0 aromatic heterocycles. The highest BCUT2D eigenvalue weighted by Crippen LogP contribution is 2.43. The molecule has 198 valence electrons. The van der Waals surface area contributed by atoms with Gasteiger partial charge in [-0.2, -0.15) is 9.57 Å². The van der Waals surface area contributed by atoms with Gasteiger partial charge in [-0.25, -0.2) is 18.0 Å². The fourth-order valence-electron chi connectivity index (χ4n) is 4.58. The average molecular weight is 538 g/mol. The topological polar surface area (TPSA) is 155 Å². The van der Waals surface area contributed by atoms with Gasteiger partial charge in [-0.15, -0.1) is 0 Å². The van der Waals surface area contributed by atoms with E-state index < -0.39 is 27.9 Å². The Balaban J connectivity index is 1.89. The van der Waals surface area contributed by atoms with Crippen LogP contribution in [0.4, 0.5) is 5.69 Å². The minimum atomic E-state index is -3.74. The molecular weight excluding hydrogens is 510 g/mol. The predicted molar refractivity (Wildman–Crippen MR) is 138 cm³/mol. The Morgan fingerprint density at radius 1 is 1.00 bits per heavy atom. The Labute approximate surface area is 220 Å². The zero-order valence-electron chi connectivity index (χ0n) is 20.9. The lowest BCUT2D eigenvalue weighted by molar-refractivity contribution is -0.139. The quantitative estimate of drug-likeness (QED) is 0.513. The molecule has 0 radical (unpaired) electrons. The summed E-state index contributed by atoms with van der Waals surface area (Å²) in [6, 6.07) is 16.4. The molecule has 1 atom stereocenters. The second-order valence-electron chi connectivity index (χ2n) is 8.48. The zero-order chi connectivity index (χ0) is 27.4. The molecule has 0 bridgehead atoms. The lowest BCUT2D eigenvalue weighted by Gasteiger charge is -2.36. The summed E-state index contributed by atoms with van der Waals surface area (Å²) in [4.78, 5) is 27.5. The molecule has 0 saturated carbocycles. The number of allylic oxidation sites excluding steroid dienone is 1. The molecule has 2 aromatic rings. The number of esters is 2. The number of methoxy groups -OCH3 is 2. The molecule has 1 saturated heterocycles. The first-order chi connectivity index (χ1) is 18.3. The third-order valence-corrected chi connectivity index (χ3v) is 8.33. The van der Waals surface area contributed by atoms with Gasteiger partial charge in [0.1, 0.15) is 11.5 Å². The largest absolute Gasteiger partial charge is 0.466 e. The highest BCUT2D eigenvalue weighted by molar-refractivity contribution is 7.89. The molecule has 0 aliphatic carbocycles. The van der Waals surface area contributed by atoms with Crippen molar-refractivity contribution >= 4 is 27.6 Å². The van der Waals surface area contributed by atoms with Crippen molar-refractivity contribution in [2.75, 3.05) is 45.3 Å². The number of rotatable bonds is 6. The van der Waals surface area contributed by atoms with Crippen LogP contribution in [-0.4, -0.2) is 65.1 Å². The van der Waals surface area contributed by atoms with Gasteiger partial charge in [0.2, 0.25) is 10.0 Å². The Hall–Kier alpha value is -4.18. The summed E-state index contributed by atoms with van der Waals surface area (Å²) in [5, 5.41) is 13.2. The van der Waals surface area contributed by atoms with Crippen LogP contribution in [0.3, 0.4) is 0 Å². The highest BCUT2D eigenvalue weighted by Gasteiger charge is 2.43. The van der Waals surface area contributed by atoms with Crippen molar-refractivity contribution in [1.29, 1.82) is 5.26 Å². The van der Waals surface area contributed by atoms with Crippen LogP contribution in [0.25, 0.3) is 0 Å². The van der Waals surface area contributed by atoms with Gasteiger partial charge in [0, 0.05) is 31.9 Å². The lowest BCUT2D eigenvalue weighted by Crippen LogP contribution is -2.46. The molecule has 1 fully saturated rings. The SMILES string of the molecule is COC(=O)C1=C(C(=O)OC)N(c2ccc(S(=O)(=O)N3CCNCC3)cc2)C(N)=C(C#N)C1c1ccccc1. The van der Waals surface area contributed by atoms with E-state index in [0.29, 0.717) is 31.7 Å². The Bertz CT molecular complexity index is 1440. The van der Waals surface area contributed by atoms with Crippen molar-refractivity contribution in [2.45, 2.75) is 10.8 Å². The van der Waals surface area contributed by atoms with Crippen molar-refractivity contribution in [2.24, 2.45) is 5.73 Å². The first-order valence-electron chi connectivity index (χ1n) is 11.7. The predicted octanol–water partition coefficient (Wildman–Crippen LogP) is 1.18. The van der Waals surface area contributed by atoms with Crippen LogP contribution in [-0.2, 0) is 29.1 Å². The van der Waals surface area contributed by atoms with Crippen LogP contribution in [0.2, 0.25) is 0 Å². The van der Waals surface area contributed by atoms with E-state index in [1.54, 1.807) is 30.3 Å². The normalized spacial score (nSPS) is 18.7.